The molecule has 5 unspecified atom stereocenters. The van der Waals surface area contributed by atoms with Gasteiger partial charge >= 0.3 is 5.97 Å². The molecule has 0 bridgehead atoms. The Hall–Kier alpha value is -1.99. The first-order valence-corrected chi connectivity index (χ1v) is 10.7. The number of fused-ring (bicyclic) bond motifs is 2. The molecule has 2 aliphatic carbocycles. The molecule has 3 N–H and O–H groups in total. The predicted octanol–water partition coefficient (Wildman–Crippen LogP) is 2.76. The van der Waals surface area contributed by atoms with Crippen LogP contribution in [-0.4, -0.2) is 52.3 Å². The van der Waals surface area contributed by atoms with Crippen LogP contribution < -0.4 is 14.2 Å². The fourth-order valence-electron chi connectivity index (χ4n) is 5.05. The monoisotopic (exact) mass is 406 g/mol. The maximum absolute atomic E-state index is 10.8. The second-order valence-corrected chi connectivity index (χ2v) is 8.51. The van der Waals surface area contributed by atoms with Crippen molar-refractivity contribution >= 4 is 5.97 Å². The molecular formula is C22H30O7. The Labute approximate surface area is 170 Å². The number of carbonyl (C=O) groups is 1. The lowest BCUT2D eigenvalue weighted by molar-refractivity contribution is -0.139. The van der Waals surface area contributed by atoms with Crippen molar-refractivity contribution in [3.63, 3.8) is 0 Å². The number of rotatable bonds is 7. The molecule has 4 rings (SSSR count). The van der Waals surface area contributed by atoms with Crippen molar-refractivity contribution < 1.29 is 34.3 Å². The molecular weight excluding hydrogens is 376 g/mol. The van der Waals surface area contributed by atoms with Gasteiger partial charge < -0.3 is 29.5 Å². The second kappa shape index (κ2) is 8.79. The zero-order chi connectivity index (χ0) is 20.4. The minimum atomic E-state index is -1.06. The number of hydrogen-bond acceptors (Lipinski definition) is 6. The highest BCUT2D eigenvalue weighted by molar-refractivity contribution is 5.68. The number of carboxylic acids is 1. The number of aliphatic hydroxyl groups excluding tert-OH is 2. The topological polar surface area (TPSA) is 105 Å². The van der Waals surface area contributed by atoms with Crippen LogP contribution in [0, 0.1) is 11.8 Å². The normalized spacial score (nSPS) is 29.9. The molecule has 29 heavy (non-hydrogen) atoms. The fourth-order valence-corrected chi connectivity index (χ4v) is 5.05. The van der Waals surface area contributed by atoms with Gasteiger partial charge in [-0.1, -0.05) is 25.3 Å². The maximum atomic E-state index is 10.8. The lowest BCUT2D eigenvalue weighted by atomic mass is 9.82. The minimum Gasteiger partial charge on any atom is -0.482 e. The smallest absolute Gasteiger partial charge is 0.341 e. The highest BCUT2D eigenvalue weighted by Crippen LogP contribution is 2.47. The number of aliphatic hydroxyl groups is 2. The summed E-state index contributed by atoms with van der Waals surface area (Å²) in [5, 5.41) is 30.1. The number of para-hydroxylation sites is 1. The minimum absolute atomic E-state index is 0.102. The van der Waals surface area contributed by atoms with E-state index in [2.05, 4.69) is 0 Å². The van der Waals surface area contributed by atoms with Gasteiger partial charge in [-0.3, -0.25) is 0 Å². The van der Waals surface area contributed by atoms with Crippen LogP contribution in [0.1, 0.15) is 51.4 Å². The zero-order valence-corrected chi connectivity index (χ0v) is 16.5. The third kappa shape index (κ3) is 4.46. The van der Waals surface area contributed by atoms with E-state index in [1.54, 1.807) is 18.2 Å². The molecule has 2 saturated carbocycles. The van der Waals surface area contributed by atoms with Gasteiger partial charge in [0.05, 0.1) is 12.2 Å². The van der Waals surface area contributed by atoms with Crippen molar-refractivity contribution in [3.05, 3.63) is 18.2 Å². The SMILES string of the molecule is O=C(O)COc1cccc2c1OC1CC(O)C(CCC(O)C3CCCCC3)C1O2. The molecule has 1 heterocycles. The number of ether oxygens (including phenoxy) is 3. The number of hydrogen-bond donors (Lipinski definition) is 3. The van der Waals surface area contributed by atoms with E-state index >= 15 is 0 Å². The van der Waals surface area contributed by atoms with Crippen LogP contribution in [-0.2, 0) is 4.79 Å². The number of aliphatic carboxylic acids is 1. The van der Waals surface area contributed by atoms with E-state index in [4.69, 9.17) is 19.3 Å². The summed E-state index contributed by atoms with van der Waals surface area (Å²) in [6.45, 7) is -0.460. The third-order valence-electron chi connectivity index (χ3n) is 6.57. The lowest BCUT2D eigenvalue weighted by Crippen LogP contribution is -2.40. The van der Waals surface area contributed by atoms with Gasteiger partial charge in [-0.2, -0.15) is 0 Å². The van der Waals surface area contributed by atoms with E-state index in [0.717, 1.165) is 12.8 Å². The summed E-state index contributed by atoms with van der Waals surface area (Å²) in [7, 11) is 0. The van der Waals surface area contributed by atoms with Crippen LogP contribution in [0.25, 0.3) is 0 Å². The van der Waals surface area contributed by atoms with Crippen LogP contribution in [0.4, 0.5) is 0 Å². The Morgan fingerprint density at radius 3 is 2.76 bits per heavy atom. The standard InChI is InChI=1S/C22H30O7/c23-15(13-5-2-1-3-6-13)10-9-14-16(24)11-19-21(14)28-18-8-4-7-17(22(18)29-19)27-12-20(25)26/h4,7-8,13-16,19,21,23-24H,1-3,5-6,9-12H2,(H,25,26). The molecule has 0 saturated heterocycles. The average molecular weight is 406 g/mol. The molecule has 5 atom stereocenters. The Morgan fingerprint density at radius 2 is 2.00 bits per heavy atom. The highest BCUT2D eigenvalue weighted by Gasteiger charge is 2.48. The van der Waals surface area contributed by atoms with Crippen molar-refractivity contribution in [1.82, 2.24) is 0 Å². The molecule has 1 aromatic carbocycles. The van der Waals surface area contributed by atoms with Gasteiger partial charge in [0.1, 0.15) is 12.2 Å². The highest BCUT2D eigenvalue weighted by atomic mass is 16.6. The van der Waals surface area contributed by atoms with Gasteiger partial charge in [0, 0.05) is 12.3 Å². The number of carboxylic acid groups (broad SMARTS) is 1. The van der Waals surface area contributed by atoms with E-state index < -0.39 is 18.7 Å². The molecule has 3 aliphatic rings. The Morgan fingerprint density at radius 1 is 1.21 bits per heavy atom. The molecule has 0 aromatic heterocycles. The van der Waals surface area contributed by atoms with Crippen molar-refractivity contribution in [1.29, 1.82) is 0 Å². The van der Waals surface area contributed by atoms with Crippen molar-refractivity contribution in [2.75, 3.05) is 6.61 Å². The molecule has 7 nitrogen and oxygen atoms in total. The van der Waals surface area contributed by atoms with E-state index in [0.29, 0.717) is 42.4 Å². The maximum Gasteiger partial charge on any atom is 0.341 e. The summed E-state index contributed by atoms with van der Waals surface area (Å²) >= 11 is 0. The van der Waals surface area contributed by atoms with E-state index in [1.165, 1.54) is 19.3 Å². The van der Waals surface area contributed by atoms with Crippen molar-refractivity contribution in [3.8, 4) is 17.2 Å². The van der Waals surface area contributed by atoms with Crippen LogP contribution in [0.3, 0.4) is 0 Å². The van der Waals surface area contributed by atoms with Crippen LogP contribution >= 0.6 is 0 Å². The summed E-state index contributed by atoms with van der Waals surface area (Å²) in [5.74, 6) is 0.427. The molecule has 160 valence electrons. The lowest BCUT2D eigenvalue weighted by Gasteiger charge is -2.34. The fraction of sp³-hybridized carbons (Fsp3) is 0.682. The zero-order valence-electron chi connectivity index (χ0n) is 16.5. The molecule has 1 aromatic rings. The summed E-state index contributed by atoms with van der Waals surface area (Å²) in [5.41, 5.74) is 0. The quantitative estimate of drug-likeness (QED) is 0.639. The first kappa shape index (κ1) is 20.3. The largest absolute Gasteiger partial charge is 0.482 e. The summed E-state index contributed by atoms with van der Waals surface area (Å²) in [4.78, 5) is 10.8. The molecule has 7 heteroatoms. The van der Waals surface area contributed by atoms with Crippen molar-refractivity contribution in [2.45, 2.75) is 75.8 Å². The molecule has 0 spiro atoms. The van der Waals surface area contributed by atoms with Gasteiger partial charge in [-0.05, 0) is 43.7 Å². The van der Waals surface area contributed by atoms with E-state index in [1.807, 2.05) is 0 Å². The average Bonchev–Trinajstić information content (AvgIpc) is 3.03. The predicted molar refractivity (Wildman–Crippen MR) is 104 cm³/mol. The summed E-state index contributed by atoms with van der Waals surface area (Å²) < 4.78 is 17.6. The first-order valence-electron chi connectivity index (χ1n) is 10.7. The first-order chi connectivity index (χ1) is 14.0. The van der Waals surface area contributed by atoms with Crippen LogP contribution in [0.2, 0.25) is 0 Å². The van der Waals surface area contributed by atoms with Gasteiger partial charge in [0.2, 0.25) is 5.75 Å². The van der Waals surface area contributed by atoms with Gasteiger partial charge in [0.25, 0.3) is 0 Å². The Balaban J connectivity index is 1.41. The molecule has 0 radical (unpaired) electrons. The Kier molecular flexibility index (Phi) is 6.15. The van der Waals surface area contributed by atoms with Crippen LogP contribution in [0.5, 0.6) is 17.2 Å². The summed E-state index contributed by atoms with van der Waals surface area (Å²) in [6.07, 6.45) is 6.14. The van der Waals surface area contributed by atoms with Crippen LogP contribution in [0.15, 0.2) is 18.2 Å². The second-order valence-electron chi connectivity index (χ2n) is 8.51. The van der Waals surface area contributed by atoms with Crippen molar-refractivity contribution in [2.24, 2.45) is 11.8 Å². The van der Waals surface area contributed by atoms with Gasteiger partial charge in [0.15, 0.2) is 18.1 Å². The molecule has 2 fully saturated rings. The number of benzene rings is 1. The van der Waals surface area contributed by atoms with E-state index in [-0.39, 0.29) is 24.2 Å². The van der Waals surface area contributed by atoms with Gasteiger partial charge in [-0.15, -0.1) is 0 Å². The van der Waals surface area contributed by atoms with Gasteiger partial charge in [-0.25, -0.2) is 4.79 Å². The van der Waals surface area contributed by atoms with E-state index in [9.17, 15) is 15.0 Å². The Bertz CT molecular complexity index is 715. The third-order valence-corrected chi connectivity index (χ3v) is 6.57. The molecule has 1 aliphatic heterocycles. The summed E-state index contributed by atoms with van der Waals surface area (Å²) in [6, 6.07) is 5.14. The molecule has 0 amide bonds.